The van der Waals surface area contributed by atoms with Crippen LogP contribution in [0.1, 0.15) is 27.7 Å². The first-order valence-corrected chi connectivity index (χ1v) is 7.72. The van der Waals surface area contributed by atoms with Crippen molar-refractivity contribution in [2.24, 2.45) is 0 Å². The molecule has 22 heavy (non-hydrogen) atoms. The molecule has 0 rings (SSSR count). The molecule has 3 N–H and O–H groups in total. The van der Waals surface area contributed by atoms with Gasteiger partial charge in [-0.2, -0.15) is 0 Å². The van der Waals surface area contributed by atoms with E-state index in [0.717, 1.165) is 11.8 Å². The van der Waals surface area contributed by atoms with Gasteiger partial charge in [0.2, 0.25) is 11.8 Å². The molecule has 0 spiro atoms. The Morgan fingerprint density at radius 1 is 0.955 bits per heavy atom. The number of alkyl carbamates (subject to hydrolysis) is 1. The first kappa shape index (κ1) is 20.2. The van der Waals surface area contributed by atoms with Crippen molar-refractivity contribution in [3.05, 3.63) is 0 Å². The molecule has 0 fully saturated rings. The van der Waals surface area contributed by atoms with Gasteiger partial charge in [-0.05, 0) is 20.8 Å². The molecule has 0 atom stereocenters. The van der Waals surface area contributed by atoms with Crippen molar-refractivity contribution in [1.29, 1.82) is 0 Å². The normalized spacial score (nSPS) is 10.5. The molecule has 0 radical (unpaired) electrons. The molecule has 0 aromatic rings. The van der Waals surface area contributed by atoms with E-state index < -0.39 is 17.6 Å². The van der Waals surface area contributed by atoms with Crippen LogP contribution in [0.15, 0.2) is 0 Å². The summed E-state index contributed by atoms with van der Waals surface area (Å²) in [6, 6.07) is 0. The van der Waals surface area contributed by atoms with Gasteiger partial charge in [0.05, 0.1) is 6.54 Å². The molecule has 8 nitrogen and oxygen atoms in total. The van der Waals surface area contributed by atoms with Crippen LogP contribution in [0.3, 0.4) is 0 Å². The zero-order valence-corrected chi connectivity index (χ0v) is 14.1. The first-order valence-electron chi connectivity index (χ1n) is 6.74. The number of ether oxygens (including phenoxy) is 1. The summed E-state index contributed by atoms with van der Waals surface area (Å²) >= 11 is 1.11. The fourth-order valence-electron chi connectivity index (χ4n) is 1.16. The molecule has 3 amide bonds. The number of carbonyl (C=O) groups is 4. The fourth-order valence-corrected chi connectivity index (χ4v) is 1.65. The third-order valence-corrected chi connectivity index (χ3v) is 2.78. The molecule has 0 aromatic carbocycles. The van der Waals surface area contributed by atoms with Gasteiger partial charge in [0.15, 0.2) is 5.12 Å². The predicted octanol–water partition coefficient (Wildman–Crippen LogP) is 0.0232. The zero-order valence-electron chi connectivity index (χ0n) is 13.3. The minimum atomic E-state index is -0.701. The van der Waals surface area contributed by atoms with E-state index in [1.54, 1.807) is 20.8 Å². The van der Waals surface area contributed by atoms with Crippen LogP contribution in [0.5, 0.6) is 0 Å². The van der Waals surface area contributed by atoms with Crippen molar-refractivity contribution in [3.63, 3.8) is 0 Å². The van der Waals surface area contributed by atoms with Gasteiger partial charge in [-0.15, -0.1) is 0 Å². The van der Waals surface area contributed by atoms with Crippen LogP contribution in [0, 0.1) is 0 Å². The summed E-state index contributed by atoms with van der Waals surface area (Å²) in [6.07, 6.45) is -0.701. The van der Waals surface area contributed by atoms with Crippen molar-refractivity contribution >= 4 is 34.8 Å². The maximum atomic E-state index is 11.4. The summed E-state index contributed by atoms with van der Waals surface area (Å²) in [7, 11) is 0. The summed E-state index contributed by atoms with van der Waals surface area (Å²) in [5.41, 5.74) is -0.641. The highest BCUT2D eigenvalue weighted by Gasteiger charge is 2.16. The highest BCUT2D eigenvalue weighted by Crippen LogP contribution is 2.05. The van der Waals surface area contributed by atoms with E-state index in [0.29, 0.717) is 12.3 Å². The SMILES string of the molecule is CC(=O)SCCNC(=O)CNC(=O)CNC(=O)OC(C)(C)C. The maximum absolute atomic E-state index is 11.4. The number of amides is 3. The second-order valence-electron chi connectivity index (χ2n) is 5.32. The zero-order chi connectivity index (χ0) is 17.2. The molecule has 0 saturated carbocycles. The molecule has 0 bridgehead atoms. The average molecular weight is 333 g/mol. The minimum Gasteiger partial charge on any atom is -0.444 e. The van der Waals surface area contributed by atoms with Crippen LogP contribution in [0.2, 0.25) is 0 Å². The van der Waals surface area contributed by atoms with E-state index in [9.17, 15) is 19.2 Å². The van der Waals surface area contributed by atoms with Crippen LogP contribution in [0.25, 0.3) is 0 Å². The Hall–Kier alpha value is -1.77. The fraction of sp³-hybridized carbons (Fsp3) is 0.692. The van der Waals surface area contributed by atoms with Crippen LogP contribution in [0.4, 0.5) is 4.79 Å². The predicted molar refractivity (Wildman–Crippen MR) is 83.4 cm³/mol. The topological polar surface area (TPSA) is 114 Å². The van der Waals surface area contributed by atoms with Gasteiger partial charge < -0.3 is 20.7 Å². The Kier molecular flexibility index (Phi) is 9.23. The largest absolute Gasteiger partial charge is 0.444 e. The maximum Gasteiger partial charge on any atom is 0.408 e. The molecule has 0 unspecified atom stereocenters. The number of hydrogen-bond donors (Lipinski definition) is 3. The molecule has 0 aromatic heterocycles. The number of rotatable bonds is 7. The van der Waals surface area contributed by atoms with Crippen molar-refractivity contribution in [1.82, 2.24) is 16.0 Å². The number of nitrogens with one attached hydrogen (secondary N) is 3. The van der Waals surface area contributed by atoms with E-state index in [2.05, 4.69) is 16.0 Å². The second kappa shape index (κ2) is 10.0. The van der Waals surface area contributed by atoms with Crippen LogP contribution < -0.4 is 16.0 Å². The van der Waals surface area contributed by atoms with Gasteiger partial charge in [0.25, 0.3) is 0 Å². The monoisotopic (exact) mass is 333 g/mol. The van der Waals surface area contributed by atoms with Crippen molar-refractivity contribution in [2.75, 3.05) is 25.4 Å². The third-order valence-electron chi connectivity index (χ3n) is 1.97. The standard InChI is InChI=1S/C13H23N3O5S/c1-9(17)22-6-5-14-10(18)7-15-11(19)8-16-12(20)21-13(2,3)4/h5-8H2,1-4H3,(H,14,18)(H,15,19)(H,16,20). The lowest BCUT2D eigenvalue weighted by Gasteiger charge is -2.19. The highest BCUT2D eigenvalue weighted by molar-refractivity contribution is 8.13. The lowest BCUT2D eigenvalue weighted by atomic mass is 10.2. The van der Waals surface area contributed by atoms with Crippen molar-refractivity contribution in [3.8, 4) is 0 Å². The molecule has 0 heterocycles. The Morgan fingerprint density at radius 2 is 1.50 bits per heavy atom. The van der Waals surface area contributed by atoms with Crippen LogP contribution >= 0.6 is 11.8 Å². The van der Waals surface area contributed by atoms with Crippen LogP contribution in [-0.2, 0) is 19.1 Å². The summed E-state index contributed by atoms with van der Waals surface area (Å²) in [4.78, 5) is 44.8. The second-order valence-corrected chi connectivity index (χ2v) is 6.59. The van der Waals surface area contributed by atoms with Gasteiger partial charge in [-0.25, -0.2) is 4.79 Å². The molecule has 0 aliphatic carbocycles. The minimum absolute atomic E-state index is 0.0178. The Labute approximate surface area is 134 Å². The molecule has 9 heteroatoms. The summed E-state index contributed by atoms with van der Waals surface area (Å²) < 4.78 is 4.96. The third kappa shape index (κ3) is 13.2. The van der Waals surface area contributed by atoms with Gasteiger partial charge in [0.1, 0.15) is 12.1 Å². The Balaban J connectivity index is 3.74. The first-order chi connectivity index (χ1) is 10.1. The lowest BCUT2D eigenvalue weighted by molar-refractivity contribution is -0.125. The summed E-state index contributed by atoms with van der Waals surface area (Å²) in [5.74, 6) is -0.385. The highest BCUT2D eigenvalue weighted by atomic mass is 32.2. The lowest BCUT2D eigenvalue weighted by Crippen LogP contribution is -2.43. The summed E-state index contributed by atoms with van der Waals surface area (Å²) in [5, 5.41) is 7.17. The Bertz CT molecular complexity index is 420. The summed E-state index contributed by atoms with van der Waals surface area (Å²) in [6.45, 7) is 6.45. The average Bonchev–Trinajstić information content (AvgIpc) is 2.36. The van der Waals surface area contributed by atoms with E-state index >= 15 is 0 Å². The van der Waals surface area contributed by atoms with Crippen molar-refractivity contribution in [2.45, 2.75) is 33.3 Å². The smallest absolute Gasteiger partial charge is 0.408 e. The molecule has 0 aliphatic rings. The molecule has 126 valence electrons. The van der Waals surface area contributed by atoms with E-state index in [4.69, 9.17) is 4.74 Å². The van der Waals surface area contributed by atoms with Crippen LogP contribution in [-0.4, -0.2) is 54.0 Å². The van der Waals surface area contributed by atoms with Gasteiger partial charge in [-0.1, -0.05) is 11.8 Å². The van der Waals surface area contributed by atoms with E-state index in [1.807, 2.05) is 0 Å². The number of carbonyl (C=O) groups excluding carboxylic acids is 4. The quantitative estimate of drug-likeness (QED) is 0.566. The van der Waals surface area contributed by atoms with Gasteiger partial charge in [-0.3, -0.25) is 14.4 Å². The van der Waals surface area contributed by atoms with E-state index in [1.165, 1.54) is 6.92 Å². The molecule has 0 saturated heterocycles. The van der Waals surface area contributed by atoms with Crippen molar-refractivity contribution < 1.29 is 23.9 Å². The van der Waals surface area contributed by atoms with E-state index in [-0.39, 0.29) is 24.1 Å². The molecule has 0 aliphatic heterocycles. The molecular weight excluding hydrogens is 310 g/mol. The number of hydrogen-bond acceptors (Lipinski definition) is 6. The van der Waals surface area contributed by atoms with Gasteiger partial charge in [0, 0.05) is 19.2 Å². The Morgan fingerprint density at radius 3 is 2.05 bits per heavy atom. The van der Waals surface area contributed by atoms with Gasteiger partial charge >= 0.3 is 6.09 Å². The molecular formula is C13H23N3O5S. The number of thioether (sulfide) groups is 1.